The van der Waals surface area contributed by atoms with E-state index in [0.29, 0.717) is 6.04 Å². The maximum absolute atomic E-state index is 6.00. The number of rotatable bonds is 3. The quantitative estimate of drug-likeness (QED) is 0.938. The van der Waals surface area contributed by atoms with E-state index in [0.717, 1.165) is 37.0 Å². The second kappa shape index (κ2) is 6.91. The van der Waals surface area contributed by atoms with Gasteiger partial charge in [0.2, 0.25) is 0 Å². The summed E-state index contributed by atoms with van der Waals surface area (Å²) in [6, 6.07) is 2.39. The summed E-state index contributed by atoms with van der Waals surface area (Å²) in [4.78, 5) is 8.28. The van der Waals surface area contributed by atoms with E-state index in [1.165, 1.54) is 4.88 Å². The molecule has 0 saturated carbocycles. The second-order valence-corrected chi connectivity index (χ2v) is 6.25. The molecular weight excluding hydrogens is 315 g/mol. The van der Waals surface area contributed by atoms with Gasteiger partial charge in [-0.15, -0.1) is 23.7 Å². The summed E-state index contributed by atoms with van der Waals surface area (Å²) in [6.45, 7) is 3.95. The van der Waals surface area contributed by atoms with Crippen molar-refractivity contribution in [2.24, 2.45) is 7.05 Å². The van der Waals surface area contributed by atoms with Crippen molar-refractivity contribution in [2.45, 2.75) is 12.6 Å². The first kappa shape index (κ1) is 15.8. The molecule has 2 aromatic heterocycles. The summed E-state index contributed by atoms with van der Waals surface area (Å²) in [5.74, 6) is 1.12. The number of aryl methyl sites for hydroxylation is 1. The van der Waals surface area contributed by atoms with Crippen molar-refractivity contribution in [3.63, 3.8) is 0 Å². The van der Waals surface area contributed by atoms with E-state index in [1.807, 2.05) is 17.8 Å². The topological polar surface area (TPSA) is 33.1 Å². The fourth-order valence-electron chi connectivity index (χ4n) is 2.53. The molecule has 1 aliphatic rings. The van der Waals surface area contributed by atoms with Crippen LogP contribution in [0.25, 0.3) is 0 Å². The fourth-order valence-corrected chi connectivity index (χ4v) is 3.62. The Kier molecular flexibility index (Phi) is 5.46. The maximum Gasteiger partial charge on any atom is 0.127 e. The van der Waals surface area contributed by atoms with Gasteiger partial charge in [0.1, 0.15) is 5.82 Å². The van der Waals surface area contributed by atoms with Crippen LogP contribution in [0.1, 0.15) is 16.7 Å². The maximum atomic E-state index is 6.00. The van der Waals surface area contributed by atoms with Crippen molar-refractivity contribution in [2.75, 3.05) is 19.6 Å². The number of nitrogens with zero attached hydrogens (tertiary/aromatic N) is 3. The van der Waals surface area contributed by atoms with Crippen molar-refractivity contribution in [3.8, 4) is 0 Å². The highest BCUT2D eigenvalue weighted by atomic mass is 35.5. The minimum Gasteiger partial charge on any atom is -0.337 e. The van der Waals surface area contributed by atoms with Crippen LogP contribution in [0.5, 0.6) is 0 Å². The fraction of sp³-hybridized carbons (Fsp3) is 0.462. The van der Waals surface area contributed by atoms with E-state index in [1.54, 1.807) is 11.3 Å². The Hall–Kier alpha value is -0.590. The minimum absolute atomic E-state index is 0. The summed E-state index contributed by atoms with van der Waals surface area (Å²) in [6.07, 6.45) is 3.87. The van der Waals surface area contributed by atoms with Crippen molar-refractivity contribution < 1.29 is 0 Å². The molecule has 3 rings (SSSR count). The molecule has 1 fully saturated rings. The highest BCUT2D eigenvalue weighted by molar-refractivity contribution is 7.10. The number of hydrogen-bond acceptors (Lipinski definition) is 4. The van der Waals surface area contributed by atoms with E-state index in [4.69, 9.17) is 11.6 Å². The van der Waals surface area contributed by atoms with Gasteiger partial charge in [-0.3, -0.25) is 4.90 Å². The standard InChI is InChI=1S/C13H17ClN4S.ClH/c1-17-4-3-16-13(17)12-7-15-2-5-18(12)8-11-6-10(14)9-19-11;/h3-4,6,9,12,15H,2,5,7-8H2,1H3;1H. The predicted octanol–water partition coefficient (Wildman–Crippen LogP) is 2.70. The van der Waals surface area contributed by atoms with Crippen LogP contribution in [0, 0.1) is 0 Å². The Morgan fingerprint density at radius 2 is 2.40 bits per heavy atom. The van der Waals surface area contributed by atoms with Gasteiger partial charge >= 0.3 is 0 Å². The molecule has 7 heteroatoms. The smallest absolute Gasteiger partial charge is 0.127 e. The Bertz CT molecular complexity index is 554. The average Bonchev–Trinajstić information content (AvgIpc) is 2.99. The Balaban J connectivity index is 0.00000147. The molecule has 3 heterocycles. The van der Waals surface area contributed by atoms with Gasteiger partial charge in [0.05, 0.1) is 11.1 Å². The first-order chi connectivity index (χ1) is 9.24. The third kappa shape index (κ3) is 3.35. The lowest BCUT2D eigenvalue weighted by Gasteiger charge is -2.35. The highest BCUT2D eigenvalue weighted by Crippen LogP contribution is 2.26. The number of hydrogen-bond donors (Lipinski definition) is 1. The number of thiophene rings is 1. The van der Waals surface area contributed by atoms with Gasteiger partial charge in [-0.2, -0.15) is 0 Å². The van der Waals surface area contributed by atoms with Crippen LogP contribution in [0.2, 0.25) is 5.02 Å². The van der Waals surface area contributed by atoms with E-state index in [-0.39, 0.29) is 12.4 Å². The molecule has 0 aromatic carbocycles. The third-order valence-corrected chi connectivity index (χ3v) is 4.76. The molecule has 0 amide bonds. The second-order valence-electron chi connectivity index (χ2n) is 4.82. The average molecular weight is 333 g/mol. The summed E-state index contributed by atoms with van der Waals surface area (Å²) in [5.41, 5.74) is 0. The van der Waals surface area contributed by atoms with Gasteiger partial charge in [0.25, 0.3) is 0 Å². The van der Waals surface area contributed by atoms with E-state index >= 15 is 0 Å². The van der Waals surface area contributed by atoms with E-state index in [9.17, 15) is 0 Å². The van der Waals surface area contributed by atoms with Crippen molar-refractivity contribution >= 4 is 35.3 Å². The number of piperazine rings is 1. The highest BCUT2D eigenvalue weighted by Gasteiger charge is 2.26. The monoisotopic (exact) mass is 332 g/mol. The number of imidazole rings is 1. The SMILES string of the molecule is Cl.Cn1ccnc1C1CNCCN1Cc1cc(Cl)cs1. The van der Waals surface area contributed by atoms with Crippen LogP contribution in [-0.4, -0.2) is 34.1 Å². The molecule has 0 spiro atoms. The lowest BCUT2D eigenvalue weighted by molar-refractivity contribution is 0.146. The first-order valence-corrected chi connectivity index (χ1v) is 7.64. The van der Waals surface area contributed by atoms with Gasteiger partial charge in [-0.1, -0.05) is 11.6 Å². The molecule has 0 aliphatic carbocycles. The lowest BCUT2D eigenvalue weighted by atomic mass is 10.1. The zero-order chi connectivity index (χ0) is 13.2. The Labute approximate surface area is 134 Å². The van der Waals surface area contributed by atoms with Crippen LogP contribution in [0.3, 0.4) is 0 Å². The van der Waals surface area contributed by atoms with Crippen LogP contribution in [0.4, 0.5) is 0 Å². The van der Waals surface area contributed by atoms with Gasteiger partial charge in [0, 0.05) is 55.9 Å². The largest absolute Gasteiger partial charge is 0.337 e. The minimum atomic E-state index is 0. The lowest BCUT2D eigenvalue weighted by Crippen LogP contribution is -2.46. The molecule has 2 aromatic rings. The van der Waals surface area contributed by atoms with Gasteiger partial charge in [-0.25, -0.2) is 4.98 Å². The van der Waals surface area contributed by atoms with Gasteiger partial charge in [0.15, 0.2) is 0 Å². The van der Waals surface area contributed by atoms with Gasteiger partial charge < -0.3 is 9.88 Å². The molecular formula is C13H18Cl2N4S. The number of nitrogens with one attached hydrogen (secondary N) is 1. The zero-order valence-corrected chi connectivity index (χ0v) is 13.6. The summed E-state index contributed by atoms with van der Waals surface area (Å²) < 4.78 is 2.10. The molecule has 0 bridgehead atoms. The summed E-state index contributed by atoms with van der Waals surface area (Å²) in [7, 11) is 2.05. The van der Waals surface area contributed by atoms with Crippen LogP contribution >= 0.6 is 35.3 Å². The van der Waals surface area contributed by atoms with Gasteiger partial charge in [-0.05, 0) is 6.07 Å². The number of halogens is 2. The van der Waals surface area contributed by atoms with Crippen molar-refractivity contribution in [1.82, 2.24) is 19.8 Å². The molecule has 1 atom stereocenters. The van der Waals surface area contributed by atoms with Crippen LogP contribution < -0.4 is 5.32 Å². The van der Waals surface area contributed by atoms with Crippen LogP contribution in [0.15, 0.2) is 23.8 Å². The van der Waals surface area contributed by atoms with Crippen molar-refractivity contribution in [3.05, 3.63) is 39.6 Å². The first-order valence-electron chi connectivity index (χ1n) is 6.39. The zero-order valence-electron chi connectivity index (χ0n) is 11.3. The Morgan fingerprint density at radius 3 is 3.05 bits per heavy atom. The molecule has 110 valence electrons. The molecule has 4 nitrogen and oxygen atoms in total. The summed E-state index contributed by atoms with van der Waals surface area (Å²) >= 11 is 7.73. The van der Waals surface area contributed by atoms with Crippen molar-refractivity contribution in [1.29, 1.82) is 0 Å². The normalized spacial score (nSPS) is 19.8. The van der Waals surface area contributed by atoms with E-state index in [2.05, 4.69) is 32.9 Å². The molecule has 0 radical (unpaired) electrons. The summed E-state index contributed by atoms with van der Waals surface area (Å²) in [5, 5.41) is 6.29. The molecule has 1 aliphatic heterocycles. The third-order valence-electron chi connectivity index (χ3n) is 3.49. The molecule has 1 saturated heterocycles. The molecule has 20 heavy (non-hydrogen) atoms. The Morgan fingerprint density at radius 1 is 1.55 bits per heavy atom. The van der Waals surface area contributed by atoms with E-state index < -0.39 is 0 Å². The predicted molar refractivity (Wildman–Crippen MR) is 85.8 cm³/mol. The van der Waals surface area contributed by atoms with Crippen LogP contribution in [-0.2, 0) is 13.6 Å². The number of aromatic nitrogens is 2. The molecule has 1 N–H and O–H groups in total. The molecule has 1 unspecified atom stereocenters.